The van der Waals surface area contributed by atoms with Crippen LogP contribution in [0.25, 0.3) is 22.3 Å². The minimum absolute atomic E-state index is 0.890. The SMILES string of the molecule is Ic1cncc2cc(-c3ccccc3)oc12. The maximum atomic E-state index is 5.84. The highest BCUT2D eigenvalue weighted by Gasteiger charge is 2.08. The van der Waals surface area contributed by atoms with Crippen LogP contribution in [-0.2, 0) is 0 Å². The smallest absolute Gasteiger partial charge is 0.151 e. The van der Waals surface area contributed by atoms with E-state index in [9.17, 15) is 0 Å². The highest BCUT2D eigenvalue weighted by Crippen LogP contribution is 2.29. The molecule has 0 aliphatic rings. The van der Waals surface area contributed by atoms with Gasteiger partial charge in [0.05, 0.1) is 3.57 Å². The Balaban J connectivity index is 2.23. The summed E-state index contributed by atoms with van der Waals surface area (Å²) in [6, 6.07) is 12.1. The summed E-state index contributed by atoms with van der Waals surface area (Å²) in [7, 11) is 0. The van der Waals surface area contributed by atoms with Gasteiger partial charge in [-0.05, 0) is 28.7 Å². The Morgan fingerprint density at radius 1 is 1.06 bits per heavy atom. The van der Waals surface area contributed by atoms with Gasteiger partial charge in [0.25, 0.3) is 0 Å². The van der Waals surface area contributed by atoms with E-state index in [1.165, 1.54) is 0 Å². The molecule has 78 valence electrons. The average Bonchev–Trinajstić information content (AvgIpc) is 2.76. The molecule has 0 amide bonds. The molecule has 0 fully saturated rings. The average molecular weight is 321 g/mol. The normalized spacial score (nSPS) is 10.8. The van der Waals surface area contributed by atoms with Crippen LogP contribution in [0.15, 0.2) is 53.2 Å². The van der Waals surface area contributed by atoms with Crippen molar-refractivity contribution in [2.75, 3.05) is 0 Å². The zero-order valence-corrected chi connectivity index (χ0v) is 10.5. The van der Waals surface area contributed by atoms with Crippen molar-refractivity contribution in [1.82, 2.24) is 4.98 Å². The van der Waals surface area contributed by atoms with Crippen molar-refractivity contribution in [3.8, 4) is 11.3 Å². The lowest BCUT2D eigenvalue weighted by Gasteiger charge is -1.94. The third kappa shape index (κ3) is 1.61. The Labute approximate surface area is 106 Å². The first-order valence-corrected chi connectivity index (χ1v) is 6.01. The first-order chi connectivity index (χ1) is 7.84. The highest BCUT2D eigenvalue weighted by atomic mass is 127. The van der Waals surface area contributed by atoms with Gasteiger partial charge in [0.15, 0.2) is 5.58 Å². The van der Waals surface area contributed by atoms with Crippen molar-refractivity contribution in [2.24, 2.45) is 0 Å². The first kappa shape index (κ1) is 9.84. The van der Waals surface area contributed by atoms with E-state index in [2.05, 4.69) is 27.6 Å². The van der Waals surface area contributed by atoms with Crippen LogP contribution < -0.4 is 0 Å². The second-order valence-electron chi connectivity index (χ2n) is 3.52. The molecule has 2 aromatic heterocycles. The van der Waals surface area contributed by atoms with Crippen molar-refractivity contribution in [3.63, 3.8) is 0 Å². The van der Waals surface area contributed by atoms with Gasteiger partial charge < -0.3 is 4.42 Å². The Kier molecular flexibility index (Phi) is 2.40. The van der Waals surface area contributed by atoms with Gasteiger partial charge in [-0.1, -0.05) is 30.3 Å². The van der Waals surface area contributed by atoms with Crippen LogP contribution in [0.1, 0.15) is 0 Å². The summed E-state index contributed by atoms with van der Waals surface area (Å²) in [4.78, 5) is 4.15. The lowest BCUT2D eigenvalue weighted by Crippen LogP contribution is -1.74. The fourth-order valence-corrected chi connectivity index (χ4v) is 2.26. The third-order valence-corrected chi connectivity index (χ3v) is 3.21. The Morgan fingerprint density at radius 3 is 2.62 bits per heavy atom. The summed E-state index contributed by atoms with van der Waals surface area (Å²) in [6.45, 7) is 0. The maximum Gasteiger partial charge on any atom is 0.151 e. The maximum absolute atomic E-state index is 5.84. The molecule has 1 aromatic carbocycles. The molecule has 16 heavy (non-hydrogen) atoms. The van der Waals surface area contributed by atoms with Crippen LogP contribution in [0.2, 0.25) is 0 Å². The van der Waals surface area contributed by atoms with Crippen LogP contribution in [0.5, 0.6) is 0 Å². The number of halogens is 1. The highest BCUT2D eigenvalue weighted by molar-refractivity contribution is 14.1. The second kappa shape index (κ2) is 3.90. The topological polar surface area (TPSA) is 26.0 Å². The molecule has 2 heterocycles. The van der Waals surface area contributed by atoms with Gasteiger partial charge >= 0.3 is 0 Å². The number of nitrogens with zero attached hydrogens (tertiary/aromatic N) is 1. The van der Waals surface area contributed by atoms with Crippen molar-refractivity contribution in [2.45, 2.75) is 0 Å². The molecule has 3 aromatic rings. The Hall–Kier alpha value is -1.36. The molecule has 0 saturated carbocycles. The summed E-state index contributed by atoms with van der Waals surface area (Å²) < 4.78 is 6.88. The van der Waals surface area contributed by atoms with Crippen LogP contribution in [0.3, 0.4) is 0 Å². The van der Waals surface area contributed by atoms with E-state index in [0.29, 0.717) is 0 Å². The van der Waals surface area contributed by atoms with Gasteiger partial charge in [0.1, 0.15) is 5.76 Å². The summed E-state index contributed by atoms with van der Waals surface area (Å²) in [5.41, 5.74) is 2.00. The largest absolute Gasteiger partial charge is 0.455 e. The monoisotopic (exact) mass is 321 g/mol. The summed E-state index contributed by atoms with van der Waals surface area (Å²) >= 11 is 2.23. The number of aromatic nitrogens is 1. The van der Waals surface area contributed by atoms with E-state index in [0.717, 1.165) is 25.9 Å². The van der Waals surface area contributed by atoms with Crippen LogP contribution in [-0.4, -0.2) is 4.98 Å². The van der Waals surface area contributed by atoms with Gasteiger partial charge in [-0.2, -0.15) is 0 Å². The van der Waals surface area contributed by atoms with Crippen molar-refractivity contribution in [3.05, 3.63) is 52.4 Å². The molecule has 3 heteroatoms. The molecule has 0 atom stereocenters. The quantitative estimate of drug-likeness (QED) is 0.631. The number of hydrogen-bond donors (Lipinski definition) is 0. The molecule has 2 nitrogen and oxygen atoms in total. The van der Waals surface area contributed by atoms with E-state index in [1.54, 1.807) is 6.20 Å². The number of pyridine rings is 1. The number of furan rings is 1. The van der Waals surface area contributed by atoms with Gasteiger partial charge in [0, 0.05) is 23.3 Å². The number of hydrogen-bond acceptors (Lipinski definition) is 2. The fraction of sp³-hybridized carbons (Fsp3) is 0. The van der Waals surface area contributed by atoms with Gasteiger partial charge in [-0.3, -0.25) is 4.98 Å². The Morgan fingerprint density at radius 2 is 1.88 bits per heavy atom. The van der Waals surface area contributed by atoms with Crippen molar-refractivity contribution in [1.29, 1.82) is 0 Å². The van der Waals surface area contributed by atoms with Crippen LogP contribution in [0.4, 0.5) is 0 Å². The fourth-order valence-electron chi connectivity index (χ4n) is 1.67. The molecule has 0 aliphatic carbocycles. The Bertz CT molecular complexity index is 631. The molecule has 3 rings (SSSR count). The van der Waals surface area contributed by atoms with Crippen molar-refractivity contribution < 1.29 is 4.42 Å². The number of benzene rings is 1. The van der Waals surface area contributed by atoms with E-state index in [4.69, 9.17) is 4.42 Å². The van der Waals surface area contributed by atoms with Crippen LogP contribution >= 0.6 is 22.6 Å². The zero-order valence-electron chi connectivity index (χ0n) is 8.35. The second-order valence-corrected chi connectivity index (χ2v) is 4.68. The van der Waals surface area contributed by atoms with E-state index < -0.39 is 0 Å². The number of rotatable bonds is 1. The minimum Gasteiger partial charge on any atom is -0.455 e. The van der Waals surface area contributed by atoms with Gasteiger partial charge in [-0.15, -0.1) is 0 Å². The molecule has 0 aliphatic heterocycles. The van der Waals surface area contributed by atoms with Crippen molar-refractivity contribution >= 4 is 33.6 Å². The molecular weight excluding hydrogens is 313 g/mol. The predicted octanol–water partition coefficient (Wildman–Crippen LogP) is 4.10. The predicted molar refractivity (Wildman–Crippen MR) is 72.2 cm³/mol. The standard InChI is InChI=1S/C13H8INO/c14-11-8-15-7-10-6-12(16-13(10)11)9-4-2-1-3-5-9/h1-8H. The number of fused-ring (bicyclic) bond motifs is 1. The molecule has 0 saturated heterocycles. The lowest BCUT2D eigenvalue weighted by molar-refractivity contribution is 0.629. The molecule has 0 N–H and O–H groups in total. The minimum atomic E-state index is 0.890. The summed E-state index contributed by atoms with van der Waals surface area (Å²) in [5.74, 6) is 0.890. The lowest BCUT2D eigenvalue weighted by atomic mass is 10.2. The van der Waals surface area contributed by atoms with Crippen LogP contribution in [0, 0.1) is 3.57 Å². The van der Waals surface area contributed by atoms with Gasteiger partial charge in [0.2, 0.25) is 0 Å². The van der Waals surface area contributed by atoms with E-state index >= 15 is 0 Å². The molecule has 0 unspecified atom stereocenters. The molecular formula is C13H8INO. The summed E-state index contributed by atoms with van der Waals surface area (Å²) in [5, 5.41) is 1.05. The molecule has 0 radical (unpaired) electrons. The zero-order chi connectivity index (χ0) is 11.0. The first-order valence-electron chi connectivity index (χ1n) is 4.93. The third-order valence-electron chi connectivity index (χ3n) is 2.44. The summed E-state index contributed by atoms with van der Waals surface area (Å²) in [6.07, 6.45) is 3.63. The molecule has 0 bridgehead atoms. The molecule has 0 spiro atoms. The van der Waals surface area contributed by atoms with E-state index in [-0.39, 0.29) is 0 Å². The van der Waals surface area contributed by atoms with Gasteiger partial charge in [-0.25, -0.2) is 0 Å². The van der Waals surface area contributed by atoms with E-state index in [1.807, 2.05) is 42.6 Å².